The fourth-order valence-corrected chi connectivity index (χ4v) is 2.59. The smallest absolute Gasteiger partial charge is 0.0521 e. The molecule has 1 aromatic carbocycles. The zero-order valence-electron chi connectivity index (χ0n) is 10.5. The van der Waals surface area contributed by atoms with Crippen molar-refractivity contribution in [1.82, 2.24) is 9.78 Å². The number of halogens is 1. The first-order valence-corrected chi connectivity index (χ1v) is 6.88. The van der Waals surface area contributed by atoms with E-state index in [2.05, 4.69) is 45.4 Å². The van der Waals surface area contributed by atoms with Crippen molar-refractivity contribution in [1.29, 1.82) is 0 Å². The molecular formula is C14H18BrN3. The van der Waals surface area contributed by atoms with Crippen molar-refractivity contribution in [2.24, 2.45) is 18.7 Å². The first kappa shape index (κ1) is 13.3. The summed E-state index contributed by atoms with van der Waals surface area (Å²) in [6.45, 7) is 0.696. The lowest BCUT2D eigenvalue weighted by molar-refractivity contribution is 0.533. The van der Waals surface area contributed by atoms with Crippen LogP contribution in [-0.2, 0) is 19.9 Å². The largest absolute Gasteiger partial charge is 0.330 e. The summed E-state index contributed by atoms with van der Waals surface area (Å²) in [5.41, 5.74) is 8.45. The number of nitrogens with zero attached hydrogens (tertiary/aromatic N) is 2. The molecule has 1 aromatic heterocycles. The quantitative estimate of drug-likeness (QED) is 0.922. The van der Waals surface area contributed by atoms with Gasteiger partial charge >= 0.3 is 0 Å². The van der Waals surface area contributed by atoms with Gasteiger partial charge in [-0.1, -0.05) is 28.1 Å². The minimum Gasteiger partial charge on any atom is -0.330 e. The molecule has 0 aliphatic carbocycles. The molecule has 0 spiro atoms. The highest BCUT2D eigenvalue weighted by atomic mass is 79.9. The molecule has 2 aromatic rings. The van der Waals surface area contributed by atoms with Crippen molar-refractivity contribution in [2.75, 3.05) is 6.54 Å². The number of hydrogen-bond acceptors (Lipinski definition) is 2. The Bertz CT molecular complexity index is 507. The molecule has 0 aliphatic rings. The van der Waals surface area contributed by atoms with Crippen LogP contribution in [0.25, 0.3) is 0 Å². The maximum Gasteiger partial charge on any atom is 0.0521 e. The van der Waals surface area contributed by atoms with E-state index in [0.717, 1.165) is 17.3 Å². The van der Waals surface area contributed by atoms with Crippen molar-refractivity contribution in [3.8, 4) is 0 Å². The Morgan fingerprint density at radius 3 is 2.72 bits per heavy atom. The van der Waals surface area contributed by atoms with Crippen LogP contribution in [0.2, 0.25) is 0 Å². The monoisotopic (exact) mass is 307 g/mol. The number of aromatic nitrogens is 2. The molecule has 0 saturated heterocycles. The van der Waals surface area contributed by atoms with Gasteiger partial charge in [0.15, 0.2) is 0 Å². The summed E-state index contributed by atoms with van der Waals surface area (Å²) in [6.07, 6.45) is 5.97. The molecule has 1 heterocycles. The number of hydrogen-bond donors (Lipinski definition) is 1. The highest BCUT2D eigenvalue weighted by Gasteiger charge is 2.10. The van der Waals surface area contributed by atoms with Crippen molar-refractivity contribution >= 4 is 15.9 Å². The second kappa shape index (κ2) is 6.16. The Morgan fingerprint density at radius 2 is 2.11 bits per heavy atom. The summed E-state index contributed by atoms with van der Waals surface area (Å²) in [6, 6.07) is 8.42. The molecule has 0 fully saturated rings. The van der Waals surface area contributed by atoms with Crippen molar-refractivity contribution in [3.63, 3.8) is 0 Å². The third-order valence-electron chi connectivity index (χ3n) is 3.03. The van der Waals surface area contributed by atoms with E-state index in [1.165, 1.54) is 11.1 Å². The molecule has 96 valence electrons. The first-order chi connectivity index (χ1) is 8.67. The zero-order chi connectivity index (χ0) is 13.0. The van der Waals surface area contributed by atoms with Gasteiger partial charge in [0.2, 0.25) is 0 Å². The van der Waals surface area contributed by atoms with Crippen LogP contribution in [0.5, 0.6) is 0 Å². The van der Waals surface area contributed by atoms with Gasteiger partial charge in [-0.25, -0.2) is 0 Å². The van der Waals surface area contributed by atoms with Crippen LogP contribution in [0.3, 0.4) is 0 Å². The van der Waals surface area contributed by atoms with Crippen molar-refractivity contribution in [3.05, 3.63) is 52.3 Å². The number of rotatable bonds is 5. The van der Waals surface area contributed by atoms with Crippen LogP contribution in [-0.4, -0.2) is 16.3 Å². The molecule has 1 atom stereocenters. The first-order valence-electron chi connectivity index (χ1n) is 6.09. The number of nitrogens with two attached hydrogens (primary N) is 1. The average molecular weight is 308 g/mol. The van der Waals surface area contributed by atoms with E-state index in [-0.39, 0.29) is 0 Å². The standard InChI is InChI=1S/C14H18BrN3/c1-18-10-13(9-17-18)6-12(8-16)5-11-3-2-4-14(15)7-11/h2-4,7,9-10,12H,5-6,8,16H2,1H3. The van der Waals surface area contributed by atoms with Gasteiger partial charge in [0.25, 0.3) is 0 Å². The Balaban J connectivity index is 2.01. The Morgan fingerprint density at radius 1 is 1.33 bits per heavy atom. The predicted octanol–water partition coefficient (Wildman–Crippen LogP) is 2.54. The van der Waals surface area contributed by atoms with E-state index in [1.54, 1.807) is 0 Å². The summed E-state index contributed by atoms with van der Waals surface area (Å²) in [7, 11) is 1.94. The fourth-order valence-electron chi connectivity index (χ4n) is 2.15. The van der Waals surface area contributed by atoms with Crippen LogP contribution in [0.1, 0.15) is 11.1 Å². The fraction of sp³-hybridized carbons (Fsp3) is 0.357. The minimum absolute atomic E-state index is 0.462. The summed E-state index contributed by atoms with van der Waals surface area (Å²) < 4.78 is 2.96. The molecule has 0 bridgehead atoms. The normalized spacial score (nSPS) is 12.6. The lowest BCUT2D eigenvalue weighted by Gasteiger charge is -2.13. The molecule has 2 N–H and O–H groups in total. The molecule has 0 radical (unpaired) electrons. The maximum absolute atomic E-state index is 5.87. The Hall–Kier alpha value is -1.13. The summed E-state index contributed by atoms with van der Waals surface area (Å²) in [5, 5.41) is 4.19. The average Bonchev–Trinajstić information content (AvgIpc) is 2.74. The van der Waals surface area contributed by atoms with Crippen molar-refractivity contribution < 1.29 is 0 Å². The highest BCUT2D eigenvalue weighted by molar-refractivity contribution is 9.10. The highest BCUT2D eigenvalue weighted by Crippen LogP contribution is 2.17. The van der Waals surface area contributed by atoms with E-state index in [9.17, 15) is 0 Å². The summed E-state index contributed by atoms with van der Waals surface area (Å²) in [4.78, 5) is 0. The Labute approximate surface area is 116 Å². The summed E-state index contributed by atoms with van der Waals surface area (Å²) >= 11 is 3.50. The molecule has 2 rings (SSSR count). The predicted molar refractivity (Wildman–Crippen MR) is 77.3 cm³/mol. The Kier molecular flexibility index (Phi) is 4.55. The van der Waals surface area contributed by atoms with E-state index < -0.39 is 0 Å². The van der Waals surface area contributed by atoms with Crippen molar-refractivity contribution in [2.45, 2.75) is 12.8 Å². The molecular weight excluding hydrogens is 290 g/mol. The lowest BCUT2D eigenvalue weighted by atomic mass is 9.94. The summed E-state index contributed by atoms with van der Waals surface area (Å²) in [5.74, 6) is 0.462. The van der Waals surface area contributed by atoms with Crippen LogP contribution >= 0.6 is 15.9 Å². The third kappa shape index (κ3) is 3.68. The number of benzene rings is 1. The van der Waals surface area contributed by atoms with E-state index in [0.29, 0.717) is 12.5 Å². The van der Waals surface area contributed by atoms with Gasteiger partial charge in [-0.2, -0.15) is 5.10 Å². The topological polar surface area (TPSA) is 43.8 Å². The van der Waals surface area contributed by atoms with E-state index >= 15 is 0 Å². The molecule has 4 heteroatoms. The molecule has 3 nitrogen and oxygen atoms in total. The van der Waals surface area contributed by atoms with Gasteiger partial charge in [-0.05, 0) is 48.6 Å². The zero-order valence-corrected chi connectivity index (χ0v) is 12.1. The SMILES string of the molecule is Cn1cc(CC(CN)Cc2cccc(Br)c2)cn1. The maximum atomic E-state index is 5.87. The molecule has 0 amide bonds. The van der Waals surface area contributed by atoms with Gasteiger partial charge < -0.3 is 5.73 Å². The molecule has 0 saturated carbocycles. The van der Waals surface area contributed by atoms with Crippen LogP contribution < -0.4 is 5.73 Å². The molecule has 0 aliphatic heterocycles. The molecule has 1 unspecified atom stereocenters. The van der Waals surface area contributed by atoms with Gasteiger partial charge in [0.05, 0.1) is 6.20 Å². The minimum atomic E-state index is 0.462. The van der Waals surface area contributed by atoms with Gasteiger partial charge in [0.1, 0.15) is 0 Å². The third-order valence-corrected chi connectivity index (χ3v) is 3.52. The van der Waals surface area contributed by atoms with Gasteiger partial charge in [-0.15, -0.1) is 0 Å². The van der Waals surface area contributed by atoms with Gasteiger partial charge in [-0.3, -0.25) is 4.68 Å². The van der Waals surface area contributed by atoms with Crippen LogP contribution in [0.4, 0.5) is 0 Å². The van der Waals surface area contributed by atoms with Crippen LogP contribution in [0, 0.1) is 5.92 Å². The lowest BCUT2D eigenvalue weighted by Crippen LogP contribution is -2.19. The second-order valence-corrected chi connectivity index (χ2v) is 5.58. The number of aryl methyl sites for hydroxylation is 1. The second-order valence-electron chi connectivity index (χ2n) is 4.66. The van der Waals surface area contributed by atoms with Crippen LogP contribution in [0.15, 0.2) is 41.1 Å². The van der Waals surface area contributed by atoms with E-state index in [1.807, 2.05) is 24.0 Å². The van der Waals surface area contributed by atoms with Gasteiger partial charge in [0, 0.05) is 17.7 Å². The van der Waals surface area contributed by atoms with E-state index in [4.69, 9.17) is 5.73 Å². The molecule has 18 heavy (non-hydrogen) atoms.